The normalized spacial score (nSPS) is 24.6. The molecule has 1 saturated carbocycles. The lowest BCUT2D eigenvalue weighted by Gasteiger charge is -2.06. The zero-order chi connectivity index (χ0) is 15.4. The number of imidazole rings is 1. The maximum Gasteiger partial charge on any atom is 0.231 e. The van der Waals surface area contributed by atoms with Gasteiger partial charge in [-0.3, -0.25) is 0 Å². The number of hydrogen-bond acceptors (Lipinski definition) is 4. The van der Waals surface area contributed by atoms with Crippen molar-refractivity contribution in [3.8, 4) is 17.6 Å². The van der Waals surface area contributed by atoms with Crippen LogP contribution in [0.4, 0.5) is 0 Å². The van der Waals surface area contributed by atoms with Gasteiger partial charge in [0.1, 0.15) is 11.2 Å². The molecule has 0 unspecified atom stereocenters. The number of para-hydroxylation sites is 2. The van der Waals surface area contributed by atoms with Crippen LogP contribution in [-0.2, 0) is 5.41 Å². The molecule has 1 aliphatic carbocycles. The number of fused-ring (bicyclic) bond motifs is 2. The summed E-state index contributed by atoms with van der Waals surface area (Å²) < 4.78 is 10.8. The van der Waals surface area contributed by atoms with E-state index in [9.17, 15) is 5.26 Å². The van der Waals surface area contributed by atoms with E-state index in [1.807, 2.05) is 42.5 Å². The molecule has 2 atom stereocenters. The molecule has 5 nitrogen and oxygen atoms in total. The Morgan fingerprint density at radius 1 is 1.17 bits per heavy atom. The van der Waals surface area contributed by atoms with Gasteiger partial charge in [0.2, 0.25) is 6.79 Å². The highest BCUT2D eigenvalue weighted by molar-refractivity contribution is 5.75. The standard InChI is InChI=1S/C18H13N3O2/c19-9-18(17-20-13-3-1-2-4-14(13)21-17)8-12(18)11-5-6-15-16(7-11)23-10-22-15/h1-7,12H,8,10H2,(H,20,21)/t12-,18+/m1/s1. The predicted octanol–water partition coefficient (Wildman–Crippen LogP) is 3.24. The Morgan fingerprint density at radius 2 is 2.04 bits per heavy atom. The number of benzene rings is 2. The van der Waals surface area contributed by atoms with Crippen molar-refractivity contribution in [2.24, 2.45) is 0 Å². The highest BCUT2D eigenvalue weighted by Gasteiger charge is 2.59. The van der Waals surface area contributed by atoms with Crippen molar-refractivity contribution in [2.75, 3.05) is 6.79 Å². The molecular weight excluding hydrogens is 290 g/mol. The Balaban J connectivity index is 1.55. The van der Waals surface area contributed by atoms with Gasteiger partial charge in [-0.25, -0.2) is 4.98 Å². The number of rotatable bonds is 2. The number of nitriles is 1. The fourth-order valence-electron chi connectivity index (χ4n) is 3.40. The van der Waals surface area contributed by atoms with Crippen molar-refractivity contribution < 1.29 is 9.47 Å². The lowest BCUT2D eigenvalue weighted by molar-refractivity contribution is 0.174. The molecule has 0 amide bonds. The highest BCUT2D eigenvalue weighted by Crippen LogP contribution is 2.60. The van der Waals surface area contributed by atoms with E-state index in [0.717, 1.165) is 40.3 Å². The van der Waals surface area contributed by atoms with Gasteiger partial charge in [-0.1, -0.05) is 18.2 Å². The SMILES string of the molecule is N#C[C@@]1(c2nc3ccccc3[nH]2)C[C@@H]1c1ccc2c(c1)OCO2. The van der Waals surface area contributed by atoms with Gasteiger partial charge in [-0.15, -0.1) is 0 Å². The first-order chi connectivity index (χ1) is 11.3. The summed E-state index contributed by atoms with van der Waals surface area (Å²) in [6.07, 6.45) is 0.767. The molecule has 5 heteroatoms. The number of aromatic amines is 1. The van der Waals surface area contributed by atoms with Gasteiger partial charge >= 0.3 is 0 Å². The molecule has 1 N–H and O–H groups in total. The third-order valence-electron chi connectivity index (χ3n) is 4.77. The number of hydrogen-bond donors (Lipinski definition) is 1. The number of nitrogens with zero attached hydrogens (tertiary/aromatic N) is 2. The van der Waals surface area contributed by atoms with Crippen molar-refractivity contribution in [2.45, 2.75) is 17.8 Å². The highest BCUT2D eigenvalue weighted by atomic mass is 16.7. The number of H-pyrrole nitrogens is 1. The van der Waals surface area contributed by atoms with E-state index in [0.29, 0.717) is 0 Å². The van der Waals surface area contributed by atoms with Crippen molar-refractivity contribution in [3.63, 3.8) is 0 Å². The van der Waals surface area contributed by atoms with Crippen LogP contribution in [0.3, 0.4) is 0 Å². The van der Waals surface area contributed by atoms with Crippen LogP contribution in [0.2, 0.25) is 0 Å². The maximum atomic E-state index is 9.79. The Labute approximate surface area is 132 Å². The van der Waals surface area contributed by atoms with Gasteiger partial charge in [0.25, 0.3) is 0 Å². The van der Waals surface area contributed by atoms with Crippen molar-refractivity contribution in [1.82, 2.24) is 9.97 Å². The predicted molar refractivity (Wildman–Crippen MR) is 83.3 cm³/mol. The first kappa shape index (κ1) is 12.5. The summed E-state index contributed by atoms with van der Waals surface area (Å²) in [6.45, 7) is 0.260. The molecule has 0 bridgehead atoms. The summed E-state index contributed by atoms with van der Waals surface area (Å²) >= 11 is 0. The molecule has 1 fully saturated rings. The summed E-state index contributed by atoms with van der Waals surface area (Å²) in [4.78, 5) is 7.94. The largest absolute Gasteiger partial charge is 0.454 e. The van der Waals surface area contributed by atoms with Crippen LogP contribution in [0.15, 0.2) is 42.5 Å². The molecule has 23 heavy (non-hydrogen) atoms. The Morgan fingerprint density at radius 3 is 2.91 bits per heavy atom. The van der Waals surface area contributed by atoms with E-state index in [-0.39, 0.29) is 12.7 Å². The minimum Gasteiger partial charge on any atom is -0.454 e. The second-order valence-corrected chi connectivity index (χ2v) is 6.06. The van der Waals surface area contributed by atoms with Crippen LogP contribution in [0.5, 0.6) is 11.5 Å². The Bertz CT molecular complexity index is 939. The van der Waals surface area contributed by atoms with E-state index in [1.165, 1.54) is 0 Å². The van der Waals surface area contributed by atoms with Crippen LogP contribution in [0.25, 0.3) is 11.0 Å². The molecule has 1 aliphatic heterocycles. The first-order valence-electron chi connectivity index (χ1n) is 7.56. The molecular formula is C18H13N3O2. The lowest BCUT2D eigenvalue weighted by Crippen LogP contribution is -2.08. The molecule has 0 radical (unpaired) electrons. The number of aromatic nitrogens is 2. The van der Waals surface area contributed by atoms with Gasteiger partial charge in [0.15, 0.2) is 11.5 Å². The fourth-order valence-corrected chi connectivity index (χ4v) is 3.40. The van der Waals surface area contributed by atoms with Crippen LogP contribution in [0, 0.1) is 11.3 Å². The van der Waals surface area contributed by atoms with Crippen LogP contribution in [0.1, 0.15) is 23.7 Å². The van der Waals surface area contributed by atoms with E-state index < -0.39 is 5.41 Å². The average Bonchev–Trinajstić information content (AvgIpc) is 2.95. The monoisotopic (exact) mass is 303 g/mol. The molecule has 2 aromatic carbocycles. The van der Waals surface area contributed by atoms with Crippen LogP contribution >= 0.6 is 0 Å². The van der Waals surface area contributed by atoms with Crippen LogP contribution in [-0.4, -0.2) is 16.8 Å². The number of nitrogens with one attached hydrogen (secondary N) is 1. The quantitative estimate of drug-likeness (QED) is 0.789. The third-order valence-corrected chi connectivity index (χ3v) is 4.77. The molecule has 3 aromatic rings. The molecule has 5 rings (SSSR count). The van der Waals surface area contributed by atoms with Gasteiger partial charge in [0.05, 0.1) is 17.1 Å². The van der Waals surface area contributed by atoms with E-state index in [4.69, 9.17) is 9.47 Å². The van der Waals surface area contributed by atoms with Crippen molar-refractivity contribution >= 4 is 11.0 Å². The summed E-state index contributed by atoms with van der Waals surface area (Å²) in [5, 5.41) is 9.79. The first-order valence-corrected chi connectivity index (χ1v) is 7.56. The smallest absolute Gasteiger partial charge is 0.231 e. The lowest BCUT2D eigenvalue weighted by atomic mass is 9.99. The van der Waals surface area contributed by atoms with Gasteiger partial charge in [-0.05, 0) is 36.2 Å². The average molecular weight is 303 g/mol. The summed E-state index contributed by atoms with van der Waals surface area (Å²) in [7, 11) is 0. The van der Waals surface area contributed by atoms with Crippen LogP contribution < -0.4 is 9.47 Å². The fraction of sp³-hybridized carbons (Fsp3) is 0.222. The Hall–Kier alpha value is -3.00. The summed E-state index contributed by atoms with van der Waals surface area (Å²) in [5.41, 5.74) is 2.38. The molecule has 2 heterocycles. The second kappa shape index (κ2) is 4.26. The molecule has 1 aromatic heterocycles. The summed E-state index contributed by atoms with van der Waals surface area (Å²) in [5.74, 6) is 2.40. The van der Waals surface area contributed by atoms with E-state index in [1.54, 1.807) is 0 Å². The maximum absolute atomic E-state index is 9.79. The zero-order valence-corrected chi connectivity index (χ0v) is 12.2. The van der Waals surface area contributed by atoms with E-state index >= 15 is 0 Å². The molecule has 112 valence electrons. The second-order valence-electron chi connectivity index (χ2n) is 6.06. The van der Waals surface area contributed by atoms with Crippen molar-refractivity contribution in [1.29, 1.82) is 5.26 Å². The third kappa shape index (κ3) is 1.69. The van der Waals surface area contributed by atoms with Crippen molar-refractivity contribution in [3.05, 3.63) is 53.9 Å². The molecule has 0 spiro atoms. The van der Waals surface area contributed by atoms with Gasteiger partial charge in [-0.2, -0.15) is 5.26 Å². The topological polar surface area (TPSA) is 70.9 Å². The minimum atomic E-state index is -0.577. The minimum absolute atomic E-state index is 0.127. The molecule has 0 saturated heterocycles. The van der Waals surface area contributed by atoms with Gasteiger partial charge < -0.3 is 14.5 Å². The molecule has 2 aliphatic rings. The van der Waals surface area contributed by atoms with Gasteiger partial charge in [0, 0.05) is 5.92 Å². The zero-order valence-electron chi connectivity index (χ0n) is 12.2. The van der Waals surface area contributed by atoms with E-state index in [2.05, 4.69) is 16.0 Å². The summed E-state index contributed by atoms with van der Waals surface area (Å²) in [6, 6.07) is 16.2. The number of ether oxygens (including phenoxy) is 2. The Kier molecular flexibility index (Phi) is 2.32.